The van der Waals surface area contributed by atoms with Crippen LogP contribution in [0.4, 0.5) is 0 Å². The largest absolute Gasteiger partial charge is 0.480 e. The molecule has 18 heavy (non-hydrogen) atoms. The summed E-state index contributed by atoms with van der Waals surface area (Å²) in [5.74, 6) is -1.32. The molecule has 0 saturated heterocycles. The van der Waals surface area contributed by atoms with Crippen LogP contribution in [-0.4, -0.2) is 23.0 Å². The second-order valence-corrected chi connectivity index (χ2v) is 4.32. The highest BCUT2D eigenvalue weighted by Crippen LogP contribution is 2.09. The minimum absolute atomic E-state index is 0.0983. The van der Waals surface area contributed by atoms with Crippen molar-refractivity contribution < 1.29 is 14.7 Å². The number of carbonyl (C=O) groups excluding carboxylic acids is 1. The summed E-state index contributed by atoms with van der Waals surface area (Å²) in [6, 6.07) is 6.11. The van der Waals surface area contributed by atoms with Crippen LogP contribution in [-0.2, 0) is 16.1 Å². The average molecular weight is 271 g/mol. The van der Waals surface area contributed by atoms with Crippen LogP contribution in [0, 0.1) is 0 Å². The summed E-state index contributed by atoms with van der Waals surface area (Å²) in [5.41, 5.74) is 6.22. The van der Waals surface area contributed by atoms with E-state index in [1.54, 1.807) is 12.1 Å². The Labute approximate surface area is 110 Å². The van der Waals surface area contributed by atoms with Gasteiger partial charge in [0, 0.05) is 18.0 Å². The molecule has 0 saturated carbocycles. The lowest BCUT2D eigenvalue weighted by molar-refractivity contribution is -0.138. The lowest BCUT2D eigenvalue weighted by Gasteiger charge is -2.07. The zero-order valence-corrected chi connectivity index (χ0v) is 10.5. The van der Waals surface area contributed by atoms with Gasteiger partial charge < -0.3 is 16.2 Å². The molecule has 1 rings (SSSR count). The van der Waals surface area contributed by atoms with Crippen LogP contribution in [0.1, 0.15) is 18.4 Å². The fraction of sp³-hybridized carbons (Fsp3) is 0.333. The predicted octanol–water partition coefficient (Wildman–Crippen LogP) is 1.15. The first-order valence-corrected chi connectivity index (χ1v) is 5.86. The van der Waals surface area contributed by atoms with Gasteiger partial charge in [-0.3, -0.25) is 9.59 Å². The molecule has 0 aliphatic carbocycles. The van der Waals surface area contributed by atoms with Gasteiger partial charge in [-0.1, -0.05) is 23.7 Å². The number of halogens is 1. The molecule has 0 radical (unpaired) electrons. The maximum Gasteiger partial charge on any atom is 0.320 e. The summed E-state index contributed by atoms with van der Waals surface area (Å²) >= 11 is 5.73. The molecule has 6 heteroatoms. The molecular formula is C12H15ClN2O3. The monoisotopic (exact) mass is 270 g/mol. The lowest BCUT2D eigenvalue weighted by atomic mass is 10.1. The summed E-state index contributed by atoms with van der Waals surface area (Å²) < 4.78 is 0. The number of carboxylic acids is 1. The normalized spacial score (nSPS) is 11.9. The fourth-order valence-electron chi connectivity index (χ4n) is 1.30. The average Bonchev–Trinajstić information content (AvgIpc) is 2.35. The quantitative estimate of drug-likeness (QED) is 0.723. The highest BCUT2D eigenvalue weighted by Gasteiger charge is 2.13. The van der Waals surface area contributed by atoms with Crippen LogP contribution < -0.4 is 11.1 Å². The summed E-state index contributed by atoms with van der Waals surface area (Å²) in [7, 11) is 0. The van der Waals surface area contributed by atoms with Crippen LogP contribution in [0.15, 0.2) is 24.3 Å². The van der Waals surface area contributed by atoms with Crippen molar-refractivity contribution in [2.24, 2.45) is 5.73 Å². The van der Waals surface area contributed by atoms with Crippen molar-refractivity contribution in [1.82, 2.24) is 5.32 Å². The van der Waals surface area contributed by atoms with E-state index in [2.05, 4.69) is 5.32 Å². The molecule has 1 aromatic rings. The van der Waals surface area contributed by atoms with Crippen LogP contribution in [0.5, 0.6) is 0 Å². The van der Waals surface area contributed by atoms with Crippen LogP contribution in [0.3, 0.4) is 0 Å². The number of hydrogen-bond donors (Lipinski definition) is 3. The third kappa shape index (κ3) is 5.16. The Morgan fingerprint density at radius 3 is 2.50 bits per heavy atom. The van der Waals surface area contributed by atoms with E-state index in [0.29, 0.717) is 11.6 Å². The second kappa shape index (κ2) is 6.98. The van der Waals surface area contributed by atoms with E-state index in [-0.39, 0.29) is 18.7 Å². The van der Waals surface area contributed by atoms with E-state index in [9.17, 15) is 9.59 Å². The third-order valence-corrected chi connectivity index (χ3v) is 2.65. The Morgan fingerprint density at radius 1 is 1.33 bits per heavy atom. The number of carboxylic acid groups (broad SMARTS) is 1. The van der Waals surface area contributed by atoms with Crippen molar-refractivity contribution >= 4 is 23.5 Å². The van der Waals surface area contributed by atoms with Crippen molar-refractivity contribution in [2.75, 3.05) is 0 Å². The minimum Gasteiger partial charge on any atom is -0.480 e. The lowest BCUT2D eigenvalue weighted by Crippen LogP contribution is -2.32. The van der Waals surface area contributed by atoms with Gasteiger partial charge in [0.25, 0.3) is 0 Å². The molecule has 0 fully saturated rings. The number of amides is 1. The summed E-state index contributed by atoms with van der Waals surface area (Å²) in [4.78, 5) is 21.9. The third-order valence-electron chi connectivity index (χ3n) is 2.40. The number of carbonyl (C=O) groups is 2. The zero-order chi connectivity index (χ0) is 13.5. The van der Waals surface area contributed by atoms with Gasteiger partial charge >= 0.3 is 5.97 Å². The number of rotatable bonds is 6. The van der Waals surface area contributed by atoms with Crippen LogP contribution in [0.25, 0.3) is 0 Å². The van der Waals surface area contributed by atoms with Gasteiger partial charge in [-0.05, 0) is 24.1 Å². The van der Waals surface area contributed by atoms with Crippen LogP contribution >= 0.6 is 11.6 Å². The fourth-order valence-corrected chi connectivity index (χ4v) is 1.43. The molecule has 0 heterocycles. The summed E-state index contributed by atoms with van der Waals surface area (Å²) in [6.07, 6.45) is 0.225. The highest BCUT2D eigenvalue weighted by molar-refractivity contribution is 6.30. The van der Waals surface area contributed by atoms with E-state index in [1.165, 1.54) is 0 Å². The van der Waals surface area contributed by atoms with Gasteiger partial charge in [-0.15, -0.1) is 0 Å². The molecule has 0 unspecified atom stereocenters. The molecule has 1 atom stereocenters. The van der Waals surface area contributed by atoms with E-state index in [1.807, 2.05) is 12.1 Å². The summed E-state index contributed by atoms with van der Waals surface area (Å²) in [6.45, 7) is 0.387. The Kier molecular flexibility index (Phi) is 5.61. The maximum absolute atomic E-state index is 11.4. The zero-order valence-electron chi connectivity index (χ0n) is 9.73. The molecular weight excluding hydrogens is 256 g/mol. The van der Waals surface area contributed by atoms with Crippen molar-refractivity contribution in [2.45, 2.75) is 25.4 Å². The number of aliphatic carboxylic acids is 1. The standard InChI is InChI=1S/C12H15ClN2O3/c13-9-3-1-8(2-4-9)7-15-11(16)6-5-10(14)12(17)18/h1-4,10H,5-7,14H2,(H,15,16)(H,17,18)/t10-/m0/s1. The van der Waals surface area contributed by atoms with Crippen molar-refractivity contribution in [1.29, 1.82) is 0 Å². The van der Waals surface area contributed by atoms with E-state index in [4.69, 9.17) is 22.4 Å². The van der Waals surface area contributed by atoms with Gasteiger partial charge in [0.1, 0.15) is 6.04 Å². The van der Waals surface area contributed by atoms with Crippen molar-refractivity contribution in [3.8, 4) is 0 Å². The topological polar surface area (TPSA) is 92.4 Å². The number of nitrogens with two attached hydrogens (primary N) is 1. The summed E-state index contributed by atoms with van der Waals surface area (Å²) in [5, 5.41) is 11.9. The molecule has 0 bridgehead atoms. The maximum atomic E-state index is 11.4. The van der Waals surface area contributed by atoms with Gasteiger partial charge in [0.2, 0.25) is 5.91 Å². The van der Waals surface area contributed by atoms with E-state index < -0.39 is 12.0 Å². The Morgan fingerprint density at radius 2 is 1.94 bits per heavy atom. The molecule has 98 valence electrons. The number of nitrogens with one attached hydrogen (secondary N) is 1. The van der Waals surface area contributed by atoms with E-state index >= 15 is 0 Å². The molecule has 1 aromatic carbocycles. The number of benzene rings is 1. The van der Waals surface area contributed by atoms with E-state index in [0.717, 1.165) is 5.56 Å². The molecule has 0 aliphatic rings. The molecule has 0 aliphatic heterocycles. The molecule has 0 spiro atoms. The van der Waals surface area contributed by atoms with Gasteiger partial charge in [-0.2, -0.15) is 0 Å². The predicted molar refractivity (Wildman–Crippen MR) is 68.1 cm³/mol. The van der Waals surface area contributed by atoms with Crippen molar-refractivity contribution in [3.05, 3.63) is 34.9 Å². The van der Waals surface area contributed by atoms with Gasteiger partial charge in [0.05, 0.1) is 0 Å². The molecule has 4 N–H and O–H groups in total. The smallest absolute Gasteiger partial charge is 0.320 e. The Bertz CT molecular complexity index is 420. The molecule has 0 aromatic heterocycles. The Hall–Kier alpha value is -1.59. The first kappa shape index (κ1) is 14.5. The minimum atomic E-state index is -1.10. The van der Waals surface area contributed by atoms with Crippen molar-refractivity contribution in [3.63, 3.8) is 0 Å². The number of hydrogen-bond acceptors (Lipinski definition) is 3. The highest BCUT2D eigenvalue weighted by atomic mass is 35.5. The molecule has 1 amide bonds. The molecule has 5 nitrogen and oxygen atoms in total. The first-order chi connectivity index (χ1) is 8.49. The SMILES string of the molecule is N[C@@H](CCC(=O)NCc1ccc(Cl)cc1)C(=O)O. The van der Waals surface area contributed by atoms with Crippen LogP contribution in [0.2, 0.25) is 5.02 Å². The first-order valence-electron chi connectivity index (χ1n) is 5.48. The van der Waals surface area contributed by atoms with Gasteiger partial charge in [0.15, 0.2) is 0 Å². The van der Waals surface area contributed by atoms with Gasteiger partial charge in [-0.25, -0.2) is 0 Å². The Balaban J connectivity index is 2.29. The second-order valence-electron chi connectivity index (χ2n) is 3.89.